The van der Waals surface area contributed by atoms with Crippen LogP contribution >= 0.6 is 0 Å². The zero-order valence-electron chi connectivity index (χ0n) is 19.5. The summed E-state index contributed by atoms with van der Waals surface area (Å²) in [6, 6.07) is 2.40. The van der Waals surface area contributed by atoms with Gasteiger partial charge in [0.2, 0.25) is 0 Å². The monoisotopic (exact) mass is 419 g/mol. The van der Waals surface area contributed by atoms with Gasteiger partial charge in [-0.1, -0.05) is 66.2 Å². The molecule has 2 fully saturated rings. The number of hydrogen-bond acceptors (Lipinski definition) is 5. The standard InChI is InChI=1S/C25H41NO4/c1-18(2)15-29-23(27)22(20-11-7-5-8-12-20)25(17-26,21-13-9-6-10-14-21)24(28)30-16-19(3)4/h18-22H,5-16H2,1-4H3. The highest BCUT2D eigenvalue weighted by Crippen LogP contribution is 2.50. The van der Waals surface area contributed by atoms with Crippen molar-refractivity contribution in [3.8, 4) is 6.07 Å². The summed E-state index contributed by atoms with van der Waals surface area (Å²) in [4.78, 5) is 27.0. The van der Waals surface area contributed by atoms with Crippen LogP contribution in [0.3, 0.4) is 0 Å². The second-order valence-electron chi connectivity index (χ2n) is 10.2. The average molecular weight is 420 g/mol. The van der Waals surface area contributed by atoms with Crippen LogP contribution < -0.4 is 0 Å². The summed E-state index contributed by atoms with van der Waals surface area (Å²) in [5.74, 6) is -1.35. The summed E-state index contributed by atoms with van der Waals surface area (Å²) in [5.41, 5.74) is -1.44. The highest BCUT2D eigenvalue weighted by atomic mass is 16.5. The molecule has 0 bridgehead atoms. The van der Waals surface area contributed by atoms with Crippen molar-refractivity contribution in [1.82, 2.24) is 0 Å². The molecule has 0 heterocycles. The Kier molecular flexibility index (Phi) is 9.65. The number of carbonyl (C=O) groups excluding carboxylic acids is 2. The fourth-order valence-corrected chi connectivity index (χ4v) is 5.23. The van der Waals surface area contributed by atoms with Crippen molar-refractivity contribution >= 4 is 11.9 Å². The van der Waals surface area contributed by atoms with E-state index in [0.29, 0.717) is 6.61 Å². The number of ether oxygens (including phenoxy) is 2. The van der Waals surface area contributed by atoms with Crippen LogP contribution in [-0.2, 0) is 19.1 Å². The Labute approximate surface area is 182 Å². The van der Waals surface area contributed by atoms with E-state index in [2.05, 4.69) is 6.07 Å². The van der Waals surface area contributed by atoms with Crippen molar-refractivity contribution in [3.05, 3.63) is 0 Å². The van der Waals surface area contributed by atoms with Gasteiger partial charge in [0.05, 0.1) is 25.2 Å². The van der Waals surface area contributed by atoms with E-state index < -0.39 is 17.3 Å². The van der Waals surface area contributed by atoms with Gasteiger partial charge in [0.15, 0.2) is 5.41 Å². The van der Waals surface area contributed by atoms with Gasteiger partial charge in [-0.2, -0.15) is 5.26 Å². The lowest BCUT2D eigenvalue weighted by molar-refractivity contribution is -0.175. The summed E-state index contributed by atoms with van der Waals surface area (Å²) < 4.78 is 11.4. The van der Waals surface area contributed by atoms with E-state index in [1.165, 1.54) is 0 Å². The summed E-state index contributed by atoms with van der Waals surface area (Å²) >= 11 is 0. The van der Waals surface area contributed by atoms with Crippen molar-refractivity contribution in [3.63, 3.8) is 0 Å². The smallest absolute Gasteiger partial charge is 0.327 e. The van der Waals surface area contributed by atoms with Crippen LogP contribution in [0.4, 0.5) is 0 Å². The lowest BCUT2D eigenvalue weighted by atomic mass is 9.57. The molecule has 0 spiro atoms. The maximum atomic E-state index is 13.6. The minimum atomic E-state index is -1.44. The topological polar surface area (TPSA) is 76.4 Å². The lowest BCUT2D eigenvalue weighted by Crippen LogP contribution is -2.52. The zero-order chi connectivity index (χ0) is 22.1. The first-order chi connectivity index (χ1) is 14.3. The van der Waals surface area contributed by atoms with Gasteiger partial charge in [-0.05, 0) is 49.4 Å². The number of nitrogens with zero attached hydrogens (tertiary/aromatic N) is 1. The van der Waals surface area contributed by atoms with Gasteiger partial charge in [-0.3, -0.25) is 9.59 Å². The molecule has 0 radical (unpaired) electrons. The van der Waals surface area contributed by atoms with E-state index >= 15 is 0 Å². The highest BCUT2D eigenvalue weighted by Gasteiger charge is 2.59. The van der Waals surface area contributed by atoms with E-state index in [0.717, 1.165) is 64.2 Å². The van der Waals surface area contributed by atoms with Gasteiger partial charge >= 0.3 is 11.9 Å². The van der Waals surface area contributed by atoms with Gasteiger partial charge < -0.3 is 9.47 Å². The van der Waals surface area contributed by atoms with Crippen LogP contribution in [0.5, 0.6) is 0 Å². The predicted molar refractivity (Wildman–Crippen MR) is 116 cm³/mol. The van der Waals surface area contributed by atoms with Gasteiger partial charge in [0.25, 0.3) is 0 Å². The molecular weight excluding hydrogens is 378 g/mol. The molecule has 30 heavy (non-hydrogen) atoms. The summed E-state index contributed by atoms with van der Waals surface area (Å²) in [5, 5.41) is 10.5. The molecule has 0 aliphatic heterocycles. The Morgan fingerprint density at radius 1 is 0.867 bits per heavy atom. The van der Waals surface area contributed by atoms with Gasteiger partial charge in [-0.25, -0.2) is 0 Å². The van der Waals surface area contributed by atoms with E-state index in [1.807, 2.05) is 27.7 Å². The van der Waals surface area contributed by atoms with Crippen LogP contribution in [0.15, 0.2) is 0 Å². The average Bonchev–Trinajstić information content (AvgIpc) is 2.75. The molecule has 0 saturated heterocycles. The van der Waals surface area contributed by atoms with Crippen LogP contribution in [0.2, 0.25) is 0 Å². The molecule has 0 amide bonds. The van der Waals surface area contributed by atoms with E-state index in [9.17, 15) is 14.9 Å². The Bertz CT molecular complexity index is 597. The van der Waals surface area contributed by atoms with Crippen LogP contribution in [0, 0.1) is 46.3 Å². The molecule has 5 nitrogen and oxygen atoms in total. The third-order valence-corrected chi connectivity index (χ3v) is 6.74. The molecule has 2 aliphatic rings. The molecule has 2 aliphatic carbocycles. The molecule has 2 atom stereocenters. The van der Waals surface area contributed by atoms with Gasteiger partial charge in [0, 0.05) is 0 Å². The first-order valence-electron chi connectivity index (χ1n) is 12.1. The Morgan fingerprint density at radius 3 is 1.87 bits per heavy atom. The van der Waals surface area contributed by atoms with Crippen LogP contribution in [0.1, 0.15) is 91.9 Å². The third-order valence-electron chi connectivity index (χ3n) is 6.74. The Hall–Kier alpha value is -1.57. The minimum absolute atomic E-state index is 0.00610. The number of nitriles is 1. The largest absolute Gasteiger partial charge is 0.465 e. The van der Waals surface area contributed by atoms with E-state index in [1.54, 1.807) is 0 Å². The zero-order valence-corrected chi connectivity index (χ0v) is 19.5. The molecular formula is C25H41NO4. The SMILES string of the molecule is CC(C)COC(=O)C(C1CCCCC1)C(C#N)(C(=O)OCC(C)C)C1CCCCC1. The highest BCUT2D eigenvalue weighted by molar-refractivity contribution is 5.88. The fraction of sp³-hybridized carbons (Fsp3) is 0.880. The Balaban J connectivity index is 2.46. The summed E-state index contributed by atoms with van der Waals surface area (Å²) in [6.45, 7) is 8.55. The number of hydrogen-bond donors (Lipinski definition) is 0. The molecule has 170 valence electrons. The molecule has 0 N–H and O–H groups in total. The van der Waals surface area contributed by atoms with E-state index in [-0.39, 0.29) is 36.2 Å². The first-order valence-corrected chi connectivity index (χ1v) is 12.1. The number of rotatable bonds is 9. The fourth-order valence-electron chi connectivity index (χ4n) is 5.23. The van der Waals surface area contributed by atoms with Crippen molar-refractivity contribution in [2.24, 2.45) is 35.0 Å². The first kappa shape index (κ1) is 24.7. The molecule has 0 aromatic carbocycles. The summed E-state index contributed by atoms with van der Waals surface area (Å²) in [6.07, 6.45) is 9.64. The second kappa shape index (κ2) is 11.7. The molecule has 2 unspecified atom stereocenters. The molecule has 2 saturated carbocycles. The van der Waals surface area contributed by atoms with E-state index in [4.69, 9.17) is 9.47 Å². The Morgan fingerprint density at radius 2 is 1.37 bits per heavy atom. The van der Waals surface area contributed by atoms with Crippen molar-refractivity contribution in [1.29, 1.82) is 5.26 Å². The van der Waals surface area contributed by atoms with Crippen LogP contribution in [0.25, 0.3) is 0 Å². The quantitative estimate of drug-likeness (QED) is 0.450. The van der Waals surface area contributed by atoms with Gasteiger partial charge in [0.1, 0.15) is 0 Å². The van der Waals surface area contributed by atoms with Crippen molar-refractivity contribution in [2.75, 3.05) is 13.2 Å². The molecule has 0 aromatic heterocycles. The number of carbonyl (C=O) groups is 2. The maximum Gasteiger partial charge on any atom is 0.327 e. The minimum Gasteiger partial charge on any atom is -0.465 e. The maximum absolute atomic E-state index is 13.6. The number of esters is 2. The third kappa shape index (κ3) is 5.99. The van der Waals surface area contributed by atoms with Crippen molar-refractivity contribution in [2.45, 2.75) is 91.9 Å². The van der Waals surface area contributed by atoms with Gasteiger partial charge in [-0.15, -0.1) is 0 Å². The van der Waals surface area contributed by atoms with Crippen LogP contribution in [-0.4, -0.2) is 25.2 Å². The second-order valence-corrected chi connectivity index (χ2v) is 10.2. The van der Waals surface area contributed by atoms with Crippen molar-refractivity contribution < 1.29 is 19.1 Å². The molecule has 2 rings (SSSR count). The predicted octanol–water partition coefficient (Wildman–Crippen LogP) is 5.67. The molecule has 0 aromatic rings. The lowest BCUT2D eigenvalue weighted by Gasteiger charge is -2.43. The summed E-state index contributed by atoms with van der Waals surface area (Å²) in [7, 11) is 0. The normalized spacial score (nSPS) is 21.6. The molecule has 5 heteroatoms.